The van der Waals surface area contributed by atoms with E-state index < -0.39 is 5.25 Å². The first-order valence-electron chi connectivity index (χ1n) is 15.1. The maximum atomic E-state index is 13.5. The smallest absolute Gasteiger partial charge is 0.233 e. The van der Waals surface area contributed by atoms with Gasteiger partial charge in [-0.1, -0.05) is 59.7 Å². The minimum absolute atomic E-state index is 0.0142. The van der Waals surface area contributed by atoms with Crippen molar-refractivity contribution in [3.8, 4) is 0 Å². The lowest BCUT2D eigenvalue weighted by atomic mass is 9.86. The molecule has 1 heterocycles. The van der Waals surface area contributed by atoms with Crippen molar-refractivity contribution in [2.24, 2.45) is 5.92 Å². The average molecular weight is 596 g/mol. The van der Waals surface area contributed by atoms with Crippen LogP contribution in [0.5, 0.6) is 0 Å². The van der Waals surface area contributed by atoms with Crippen LogP contribution in [0.2, 0.25) is 0 Å². The predicted molar refractivity (Wildman–Crippen MR) is 177 cm³/mol. The molecule has 1 aliphatic carbocycles. The number of aryl methyl sites for hydroxylation is 2. The molecule has 4 aromatic rings. The third-order valence-corrected chi connectivity index (χ3v) is 9.30. The van der Waals surface area contributed by atoms with Crippen LogP contribution in [0.1, 0.15) is 53.6 Å². The molecule has 0 spiro atoms. The SMILES string of the molecule is Cc1ccc(SC(CC(=O)c2ccc(C)cc2)C(=O)NCC2CCC(Nc3nc(N(C)C)c4ccccc4n3)CC2)cc1. The van der Waals surface area contributed by atoms with Gasteiger partial charge in [0.1, 0.15) is 5.82 Å². The van der Waals surface area contributed by atoms with Crippen LogP contribution in [-0.4, -0.2) is 53.6 Å². The van der Waals surface area contributed by atoms with Gasteiger partial charge < -0.3 is 15.5 Å². The van der Waals surface area contributed by atoms with Crippen LogP contribution in [0.3, 0.4) is 0 Å². The predicted octanol–water partition coefficient (Wildman–Crippen LogP) is 6.83. The second kappa shape index (κ2) is 14.0. The molecule has 43 heavy (non-hydrogen) atoms. The Labute approximate surface area is 258 Å². The summed E-state index contributed by atoms with van der Waals surface area (Å²) in [6.45, 7) is 4.66. The van der Waals surface area contributed by atoms with E-state index in [1.165, 1.54) is 11.8 Å². The molecule has 0 radical (unpaired) electrons. The number of aromatic nitrogens is 2. The van der Waals surface area contributed by atoms with E-state index in [4.69, 9.17) is 9.97 Å². The molecule has 1 unspecified atom stereocenters. The Bertz CT molecular complexity index is 1550. The Kier molecular flexibility index (Phi) is 9.97. The van der Waals surface area contributed by atoms with Gasteiger partial charge in [-0.15, -0.1) is 11.8 Å². The quantitative estimate of drug-likeness (QED) is 0.145. The van der Waals surface area contributed by atoms with Gasteiger partial charge in [0.05, 0.1) is 10.8 Å². The average Bonchev–Trinajstić information content (AvgIpc) is 3.01. The molecule has 1 fully saturated rings. The zero-order valence-electron chi connectivity index (χ0n) is 25.5. The molecule has 8 heteroatoms. The number of rotatable bonds is 11. The molecule has 1 amide bonds. The fourth-order valence-electron chi connectivity index (χ4n) is 5.51. The van der Waals surface area contributed by atoms with E-state index in [0.29, 0.717) is 30.0 Å². The van der Waals surface area contributed by atoms with Gasteiger partial charge in [-0.05, 0) is 69.7 Å². The van der Waals surface area contributed by atoms with Gasteiger partial charge in [-0.2, -0.15) is 4.98 Å². The fraction of sp³-hybridized carbons (Fsp3) is 0.371. The number of hydrogen-bond acceptors (Lipinski definition) is 7. The number of fused-ring (bicyclic) bond motifs is 1. The van der Waals surface area contributed by atoms with Crippen LogP contribution in [-0.2, 0) is 4.79 Å². The Morgan fingerprint density at radius 2 is 1.53 bits per heavy atom. The van der Waals surface area contributed by atoms with Crippen molar-refractivity contribution >= 4 is 46.1 Å². The molecular formula is C35H41N5O2S. The number of ketones is 1. The first-order valence-corrected chi connectivity index (χ1v) is 15.9. The number of nitrogens with zero attached hydrogens (tertiary/aromatic N) is 3. The van der Waals surface area contributed by atoms with Crippen molar-refractivity contribution in [3.05, 3.63) is 89.5 Å². The van der Waals surface area contributed by atoms with Crippen LogP contribution in [0.15, 0.2) is 77.7 Å². The summed E-state index contributed by atoms with van der Waals surface area (Å²) in [7, 11) is 4.00. The number of carbonyl (C=O) groups excluding carboxylic acids is 2. The summed E-state index contributed by atoms with van der Waals surface area (Å²) in [5, 5.41) is 7.30. The molecule has 1 atom stereocenters. The summed E-state index contributed by atoms with van der Waals surface area (Å²) in [5.41, 5.74) is 3.84. The normalized spacial score (nSPS) is 17.3. The highest BCUT2D eigenvalue weighted by Gasteiger charge is 2.27. The van der Waals surface area contributed by atoms with Crippen molar-refractivity contribution in [2.75, 3.05) is 30.9 Å². The second-order valence-electron chi connectivity index (χ2n) is 11.8. The lowest BCUT2D eigenvalue weighted by molar-refractivity contribution is -0.120. The van der Waals surface area contributed by atoms with Crippen LogP contribution < -0.4 is 15.5 Å². The number of para-hydroxylation sites is 1. The van der Waals surface area contributed by atoms with E-state index in [-0.39, 0.29) is 18.1 Å². The molecule has 0 saturated heterocycles. The number of nitrogens with one attached hydrogen (secondary N) is 2. The maximum absolute atomic E-state index is 13.5. The molecular weight excluding hydrogens is 554 g/mol. The van der Waals surface area contributed by atoms with Gasteiger partial charge in [0.25, 0.3) is 0 Å². The van der Waals surface area contributed by atoms with E-state index in [2.05, 4.69) is 16.7 Å². The first-order chi connectivity index (χ1) is 20.7. The fourth-order valence-corrected chi connectivity index (χ4v) is 6.56. The highest BCUT2D eigenvalue weighted by molar-refractivity contribution is 8.00. The van der Waals surface area contributed by atoms with E-state index in [1.807, 2.05) is 99.6 Å². The van der Waals surface area contributed by atoms with Crippen LogP contribution in [0, 0.1) is 19.8 Å². The van der Waals surface area contributed by atoms with Crippen molar-refractivity contribution in [1.82, 2.24) is 15.3 Å². The summed E-state index contributed by atoms with van der Waals surface area (Å²) < 4.78 is 0. The minimum Gasteiger partial charge on any atom is -0.362 e. The van der Waals surface area contributed by atoms with Gasteiger partial charge in [0.15, 0.2) is 5.78 Å². The summed E-state index contributed by atoms with van der Waals surface area (Å²) in [5.74, 6) is 1.87. The van der Waals surface area contributed by atoms with Gasteiger partial charge in [-0.3, -0.25) is 9.59 Å². The molecule has 0 aliphatic heterocycles. The van der Waals surface area contributed by atoms with Gasteiger partial charge in [0, 0.05) is 48.9 Å². The number of anilines is 2. The number of carbonyl (C=O) groups is 2. The number of Topliss-reactive ketones (excluding diaryl/α,β-unsaturated/α-hetero) is 1. The Hall–Kier alpha value is -3.91. The molecule has 5 rings (SSSR count). The Morgan fingerprint density at radius 1 is 0.884 bits per heavy atom. The Balaban J connectivity index is 1.17. The molecule has 7 nitrogen and oxygen atoms in total. The van der Waals surface area contributed by atoms with Crippen LogP contribution in [0.4, 0.5) is 11.8 Å². The summed E-state index contributed by atoms with van der Waals surface area (Å²) in [4.78, 5) is 39.2. The van der Waals surface area contributed by atoms with Crippen molar-refractivity contribution in [3.63, 3.8) is 0 Å². The summed E-state index contributed by atoms with van der Waals surface area (Å²) >= 11 is 1.46. The molecule has 2 N–H and O–H groups in total. The first kappa shape index (κ1) is 30.5. The van der Waals surface area contributed by atoms with E-state index in [1.54, 1.807) is 0 Å². The number of benzene rings is 3. The third-order valence-electron chi connectivity index (χ3n) is 8.09. The van der Waals surface area contributed by atoms with Crippen molar-refractivity contribution < 1.29 is 9.59 Å². The lowest BCUT2D eigenvalue weighted by Gasteiger charge is -2.30. The maximum Gasteiger partial charge on any atom is 0.233 e. The second-order valence-corrected chi connectivity index (χ2v) is 13.1. The van der Waals surface area contributed by atoms with Crippen LogP contribution >= 0.6 is 11.8 Å². The van der Waals surface area contributed by atoms with Crippen molar-refractivity contribution in [2.45, 2.75) is 62.1 Å². The topological polar surface area (TPSA) is 87.2 Å². The van der Waals surface area contributed by atoms with E-state index in [9.17, 15) is 9.59 Å². The molecule has 1 aliphatic rings. The monoisotopic (exact) mass is 595 g/mol. The molecule has 224 valence electrons. The zero-order chi connectivity index (χ0) is 30.3. The van der Waals surface area contributed by atoms with Gasteiger partial charge in [-0.25, -0.2) is 4.98 Å². The minimum atomic E-state index is -0.495. The number of amides is 1. The van der Waals surface area contributed by atoms with E-state index in [0.717, 1.165) is 58.4 Å². The lowest BCUT2D eigenvalue weighted by Crippen LogP contribution is -2.39. The number of thioether (sulfide) groups is 1. The molecule has 1 saturated carbocycles. The largest absolute Gasteiger partial charge is 0.362 e. The standard InChI is InChI=1S/C35H41N5O2S/c1-23-9-15-26(16-10-23)31(41)21-32(43-28-19-11-24(2)12-20-28)34(42)36-22-25-13-17-27(18-14-25)37-35-38-30-8-6-5-7-29(30)33(39-35)40(3)4/h5-12,15-16,19-20,25,27,32H,13-14,17-18,21-22H2,1-4H3,(H,36,42)(H,37,38,39). The molecule has 3 aromatic carbocycles. The molecule has 1 aromatic heterocycles. The van der Waals surface area contributed by atoms with Gasteiger partial charge in [0.2, 0.25) is 11.9 Å². The van der Waals surface area contributed by atoms with Crippen LogP contribution in [0.25, 0.3) is 10.9 Å². The zero-order valence-corrected chi connectivity index (χ0v) is 26.3. The van der Waals surface area contributed by atoms with E-state index >= 15 is 0 Å². The third kappa shape index (κ3) is 8.14. The molecule has 0 bridgehead atoms. The number of hydrogen-bond donors (Lipinski definition) is 2. The van der Waals surface area contributed by atoms with Gasteiger partial charge >= 0.3 is 0 Å². The summed E-state index contributed by atoms with van der Waals surface area (Å²) in [6, 6.07) is 24.1. The highest BCUT2D eigenvalue weighted by Crippen LogP contribution is 2.30. The Morgan fingerprint density at radius 3 is 2.21 bits per heavy atom. The highest BCUT2D eigenvalue weighted by atomic mass is 32.2. The summed E-state index contributed by atoms with van der Waals surface area (Å²) in [6.07, 6.45) is 4.14. The van der Waals surface area contributed by atoms with Crippen molar-refractivity contribution in [1.29, 1.82) is 0 Å².